The highest BCUT2D eigenvalue weighted by molar-refractivity contribution is 7.89. The fourth-order valence-corrected chi connectivity index (χ4v) is 5.26. The molecule has 1 atom stereocenters. The van der Waals surface area contributed by atoms with E-state index >= 15 is 0 Å². The molecule has 0 bridgehead atoms. The molecule has 4 rings (SSSR count). The molecule has 1 heterocycles. The van der Waals surface area contributed by atoms with E-state index in [0.717, 1.165) is 12.8 Å². The van der Waals surface area contributed by atoms with Crippen LogP contribution in [0.25, 0.3) is 10.9 Å². The molecule has 1 aliphatic rings. The predicted octanol–water partition coefficient (Wildman–Crippen LogP) is 3.46. The summed E-state index contributed by atoms with van der Waals surface area (Å²) in [4.78, 5) is 0.111. The van der Waals surface area contributed by atoms with Crippen molar-refractivity contribution in [2.75, 3.05) is 0 Å². The third-order valence-corrected chi connectivity index (χ3v) is 6.80. The molecular formula is C20H21FN2O2S. The molecule has 1 aromatic heterocycles. The van der Waals surface area contributed by atoms with Gasteiger partial charge >= 0.3 is 0 Å². The van der Waals surface area contributed by atoms with Gasteiger partial charge in [0, 0.05) is 29.7 Å². The van der Waals surface area contributed by atoms with E-state index in [9.17, 15) is 12.8 Å². The van der Waals surface area contributed by atoms with Gasteiger partial charge in [-0.2, -0.15) is 0 Å². The standard InChI is InChI=1S/C20H21FN2O2S/c1-13-11-15(8-9-18(13)21)26(24,25)22-14-7-10-20-17(12-14)16-5-3-4-6-19(16)23(20)2/h3-6,8-9,11,14,22H,7,10,12H2,1-2H3. The number of sulfonamides is 1. The first kappa shape index (κ1) is 17.2. The summed E-state index contributed by atoms with van der Waals surface area (Å²) in [6.07, 6.45) is 2.24. The van der Waals surface area contributed by atoms with E-state index in [0.29, 0.717) is 12.0 Å². The number of hydrogen-bond acceptors (Lipinski definition) is 2. The van der Waals surface area contributed by atoms with E-state index in [4.69, 9.17) is 0 Å². The summed E-state index contributed by atoms with van der Waals surface area (Å²) in [5.41, 5.74) is 4.00. The van der Waals surface area contributed by atoms with Crippen LogP contribution in [0.5, 0.6) is 0 Å². The number of aryl methyl sites for hydroxylation is 2. The van der Waals surface area contributed by atoms with Crippen molar-refractivity contribution in [1.29, 1.82) is 0 Å². The Morgan fingerprint density at radius 2 is 1.96 bits per heavy atom. The minimum absolute atomic E-state index is 0.111. The smallest absolute Gasteiger partial charge is 0.240 e. The van der Waals surface area contributed by atoms with Crippen molar-refractivity contribution >= 4 is 20.9 Å². The molecule has 0 spiro atoms. The van der Waals surface area contributed by atoms with Crippen LogP contribution in [0.15, 0.2) is 47.4 Å². The van der Waals surface area contributed by atoms with Crippen LogP contribution >= 0.6 is 0 Å². The molecule has 0 amide bonds. The molecule has 0 saturated carbocycles. The first-order valence-electron chi connectivity index (χ1n) is 8.70. The number of aromatic nitrogens is 1. The van der Waals surface area contributed by atoms with Gasteiger partial charge in [-0.3, -0.25) is 0 Å². The first-order chi connectivity index (χ1) is 12.4. The summed E-state index contributed by atoms with van der Waals surface area (Å²) in [5.74, 6) is -0.401. The van der Waals surface area contributed by atoms with Crippen molar-refractivity contribution in [2.45, 2.75) is 37.1 Å². The van der Waals surface area contributed by atoms with Crippen molar-refractivity contribution in [1.82, 2.24) is 9.29 Å². The molecule has 0 radical (unpaired) electrons. The van der Waals surface area contributed by atoms with Gasteiger partial charge in [-0.15, -0.1) is 0 Å². The largest absolute Gasteiger partial charge is 0.347 e. The Hall–Kier alpha value is -2.18. The van der Waals surface area contributed by atoms with E-state index < -0.39 is 15.8 Å². The Balaban J connectivity index is 1.63. The maximum atomic E-state index is 13.4. The maximum Gasteiger partial charge on any atom is 0.240 e. The Morgan fingerprint density at radius 3 is 2.73 bits per heavy atom. The zero-order valence-electron chi connectivity index (χ0n) is 14.8. The van der Waals surface area contributed by atoms with Crippen LogP contribution in [0.3, 0.4) is 0 Å². The van der Waals surface area contributed by atoms with Gasteiger partial charge in [0.25, 0.3) is 0 Å². The predicted molar refractivity (Wildman–Crippen MR) is 100 cm³/mol. The van der Waals surface area contributed by atoms with Gasteiger partial charge in [-0.1, -0.05) is 18.2 Å². The molecule has 0 fully saturated rings. The summed E-state index contributed by atoms with van der Waals surface area (Å²) >= 11 is 0. The van der Waals surface area contributed by atoms with Crippen LogP contribution in [0, 0.1) is 12.7 Å². The van der Waals surface area contributed by atoms with E-state index in [1.54, 1.807) is 6.92 Å². The second-order valence-corrected chi connectivity index (χ2v) is 8.69. The van der Waals surface area contributed by atoms with Crippen LogP contribution < -0.4 is 4.72 Å². The number of hydrogen-bond donors (Lipinski definition) is 1. The number of fused-ring (bicyclic) bond motifs is 3. The zero-order valence-corrected chi connectivity index (χ0v) is 15.6. The van der Waals surface area contributed by atoms with E-state index in [1.807, 2.05) is 12.1 Å². The topological polar surface area (TPSA) is 51.1 Å². The average molecular weight is 372 g/mol. The van der Waals surface area contributed by atoms with E-state index in [1.165, 1.54) is 40.4 Å². The second-order valence-electron chi connectivity index (χ2n) is 6.97. The Kier molecular flexibility index (Phi) is 4.12. The highest BCUT2D eigenvalue weighted by Crippen LogP contribution is 2.31. The number of nitrogens with zero attached hydrogens (tertiary/aromatic N) is 1. The molecule has 1 aliphatic carbocycles. The minimum Gasteiger partial charge on any atom is -0.347 e. The summed E-state index contributed by atoms with van der Waals surface area (Å²) in [6.45, 7) is 1.57. The Morgan fingerprint density at radius 1 is 1.19 bits per heavy atom. The summed E-state index contributed by atoms with van der Waals surface area (Å²) in [7, 11) is -1.61. The number of halogens is 1. The van der Waals surface area contributed by atoms with E-state index in [2.05, 4.69) is 28.5 Å². The van der Waals surface area contributed by atoms with Crippen LogP contribution in [-0.2, 0) is 29.9 Å². The Bertz CT molecular complexity index is 1100. The second kappa shape index (κ2) is 6.21. The van der Waals surface area contributed by atoms with Crippen molar-refractivity contribution in [2.24, 2.45) is 7.05 Å². The molecule has 136 valence electrons. The number of nitrogens with one attached hydrogen (secondary N) is 1. The van der Waals surface area contributed by atoms with Crippen molar-refractivity contribution in [3.63, 3.8) is 0 Å². The molecule has 4 nitrogen and oxygen atoms in total. The maximum absolute atomic E-state index is 13.4. The fourth-order valence-electron chi connectivity index (χ4n) is 3.90. The third kappa shape index (κ3) is 2.83. The van der Waals surface area contributed by atoms with Gasteiger partial charge in [0.15, 0.2) is 0 Å². The molecule has 1 N–H and O–H groups in total. The summed E-state index contributed by atoms with van der Waals surface area (Å²) in [6, 6.07) is 11.9. The van der Waals surface area contributed by atoms with Crippen molar-refractivity contribution < 1.29 is 12.8 Å². The lowest BCUT2D eigenvalue weighted by molar-refractivity contribution is 0.501. The van der Waals surface area contributed by atoms with Gasteiger partial charge in [0.05, 0.1) is 4.90 Å². The normalized spacial score (nSPS) is 17.4. The molecule has 26 heavy (non-hydrogen) atoms. The molecule has 6 heteroatoms. The van der Waals surface area contributed by atoms with Gasteiger partial charge in [0.2, 0.25) is 10.0 Å². The molecule has 2 aromatic carbocycles. The molecule has 0 saturated heterocycles. The Labute approximate surface area is 152 Å². The van der Waals surface area contributed by atoms with Crippen molar-refractivity contribution in [3.8, 4) is 0 Å². The lowest BCUT2D eigenvalue weighted by atomic mass is 9.92. The molecule has 1 unspecified atom stereocenters. The molecular weight excluding hydrogens is 351 g/mol. The van der Waals surface area contributed by atoms with Crippen LogP contribution in [0.2, 0.25) is 0 Å². The SMILES string of the molecule is Cc1cc(S(=O)(=O)NC2CCc3c(c4ccccc4n3C)C2)ccc1F. The van der Waals surface area contributed by atoms with Crippen LogP contribution in [-0.4, -0.2) is 19.0 Å². The lowest BCUT2D eigenvalue weighted by Crippen LogP contribution is -2.38. The van der Waals surface area contributed by atoms with Gasteiger partial charge in [0.1, 0.15) is 5.82 Å². The summed E-state index contributed by atoms with van der Waals surface area (Å²) in [5, 5.41) is 1.19. The third-order valence-electron chi connectivity index (χ3n) is 5.29. The number of benzene rings is 2. The monoisotopic (exact) mass is 372 g/mol. The quantitative estimate of drug-likeness (QED) is 0.765. The van der Waals surface area contributed by atoms with Crippen LogP contribution in [0.4, 0.5) is 4.39 Å². The van der Waals surface area contributed by atoms with Crippen molar-refractivity contribution in [3.05, 3.63) is 65.1 Å². The minimum atomic E-state index is -3.67. The van der Waals surface area contributed by atoms with Gasteiger partial charge in [-0.05, 0) is 61.6 Å². The zero-order chi connectivity index (χ0) is 18.5. The number of rotatable bonds is 3. The fraction of sp³-hybridized carbons (Fsp3) is 0.300. The number of para-hydroxylation sites is 1. The van der Waals surface area contributed by atoms with E-state index in [-0.39, 0.29) is 10.9 Å². The first-order valence-corrected chi connectivity index (χ1v) is 10.2. The summed E-state index contributed by atoms with van der Waals surface area (Å²) < 4.78 is 43.9. The lowest BCUT2D eigenvalue weighted by Gasteiger charge is -2.24. The highest BCUT2D eigenvalue weighted by atomic mass is 32.2. The molecule has 0 aliphatic heterocycles. The van der Waals surface area contributed by atoms with Gasteiger partial charge < -0.3 is 4.57 Å². The molecule has 3 aromatic rings. The van der Waals surface area contributed by atoms with Gasteiger partial charge in [-0.25, -0.2) is 17.5 Å². The average Bonchev–Trinajstić information content (AvgIpc) is 2.90. The highest BCUT2D eigenvalue weighted by Gasteiger charge is 2.28. The van der Waals surface area contributed by atoms with Crippen LogP contribution in [0.1, 0.15) is 23.2 Å².